The molecule has 0 saturated carbocycles. The molecule has 172 valence electrons. The molecule has 1 atom stereocenters. The van der Waals surface area contributed by atoms with Crippen molar-refractivity contribution in [3.63, 3.8) is 0 Å². The Balaban J connectivity index is 2.21. The molecule has 0 fully saturated rings. The fraction of sp³-hybridized carbons (Fsp3) is 0.240. The molecule has 3 rings (SSSR count). The molecular weight excluding hydrogens is 424 g/mol. The van der Waals surface area contributed by atoms with Crippen LogP contribution in [0.25, 0.3) is 0 Å². The molecule has 0 aliphatic heterocycles. The Morgan fingerprint density at radius 3 is 2.18 bits per heavy atom. The molecule has 0 saturated heterocycles. The van der Waals surface area contributed by atoms with Crippen molar-refractivity contribution in [1.29, 1.82) is 0 Å². The van der Waals surface area contributed by atoms with E-state index in [9.17, 15) is 15.2 Å². The predicted octanol–water partition coefficient (Wildman–Crippen LogP) is 4.88. The fourth-order valence-electron chi connectivity index (χ4n) is 3.62. The van der Waals surface area contributed by atoms with Gasteiger partial charge in [-0.3, -0.25) is 0 Å². The first kappa shape index (κ1) is 23.6. The maximum absolute atomic E-state index is 12.9. The number of esters is 1. The summed E-state index contributed by atoms with van der Waals surface area (Å²) >= 11 is 0. The van der Waals surface area contributed by atoms with Crippen molar-refractivity contribution < 1.29 is 29.4 Å². The van der Waals surface area contributed by atoms with Gasteiger partial charge in [-0.15, -0.1) is 0 Å². The third-order valence-corrected chi connectivity index (χ3v) is 5.17. The summed E-state index contributed by atoms with van der Waals surface area (Å²) in [5, 5.41) is 25.8. The second-order valence-electron chi connectivity index (χ2n) is 7.53. The van der Waals surface area contributed by atoms with Gasteiger partial charge in [0, 0.05) is 12.0 Å². The quantitative estimate of drug-likeness (QED) is 0.269. The van der Waals surface area contributed by atoms with Crippen LogP contribution in [0.2, 0.25) is 0 Å². The molecule has 2 N–H and O–H groups in total. The maximum Gasteiger partial charge on any atom is 0.338 e. The fourth-order valence-corrected chi connectivity index (χ4v) is 3.62. The first-order valence-corrected chi connectivity index (χ1v) is 10.3. The van der Waals surface area contributed by atoms with Crippen molar-refractivity contribution in [2.45, 2.75) is 26.4 Å². The van der Waals surface area contributed by atoms with Gasteiger partial charge in [0.1, 0.15) is 29.0 Å². The summed E-state index contributed by atoms with van der Waals surface area (Å²) < 4.78 is 17.2. The van der Waals surface area contributed by atoms with Gasteiger partial charge in [-0.2, -0.15) is 0 Å². The summed E-state index contributed by atoms with van der Waals surface area (Å²) in [5.74, 6) is 0.171. The van der Waals surface area contributed by atoms with Crippen LogP contribution in [-0.4, -0.2) is 42.0 Å². The van der Waals surface area contributed by atoms with Gasteiger partial charge in [0.25, 0.3) is 0 Å². The van der Waals surface area contributed by atoms with Gasteiger partial charge >= 0.3 is 5.97 Å². The van der Waals surface area contributed by atoms with E-state index >= 15 is 0 Å². The van der Waals surface area contributed by atoms with Gasteiger partial charge in [-0.1, -0.05) is 40.2 Å². The molecule has 2 aromatic carbocycles. The van der Waals surface area contributed by atoms with E-state index in [1.54, 1.807) is 30.3 Å². The number of ether oxygens (including phenoxy) is 3. The van der Waals surface area contributed by atoms with Crippen molar-refractivity contribution in [2.75, 3.05) is 14.2 Å². The molecule has 8 nitrogen and oxygen atoms in total. The summed E-state index contributed by atoms with van der Waals surface area (Å²) in [5.41, 5.74) is 3.14. The SMILES string of the molecule is COc1cc([C@H](CC=C(C)C)OC(=O)c2ccccc2)c(OC)c2c1C(=NO)C=CC2=NO. The van der Waals surface area contributed by atoms with Crippen LogP contribution in [0.4, 0.5) is 0 Å². The number of benzene rings is 2. The lowest BCUT2D eigenvalue weighted by molar-refractivity contribution is 0.0297. The predicted molar refractivity (Wildman–Crippen MR) is 124 cm³/mol. The number of methoxy groups -OCH3 is 2. The number of carbonyl (C=O) groups excluding carboxylic acids is 1. The summed E-state index contributed by atoms with van der Waals surface area (Å²) in [6.07, 6.45) is 4.58. The first-order valence-electron chi connectivity index (χ1n) is 10.3. The minimum atomic E-state index is -0.734. The summed E-state index contributed by atoms with van der Waals surface area (Å²) in [6.45, 7) is 3.90. The lowest BCUT2D eigenvalue weighted by Gasteiger charge is -2.26. The topological polar surface area (TPSA) is 110 Å². The van der Waals surface area contributed by atoms with Gasteiger partial charge in [-0.05, 0) is 44.2 Å². The van der Waals surface area contributed by atoms with E-state index in [-0.39, 0.29) is 11.4 Å². The molecule has 0 amide bonds. The maximum atomic E-state index is 12.9. The lowest BCUT2D eigenvalue weighted by Crippen LogP contribution is -2.20. The molecule has 1 aliphatic rings. The average molecular weight is 450 g/mol. The van der Waals surface area contributed by atoms with Crippen molar-refractivity contribution >= 4 is 17.4 Å². The highest BCUT2D eigenvalue weighted by atomic mass is 16.5. The van der Waals surface area contributed by atoms with Gasteiger partial charge in [0.15, 0.2) is 0 Å². The van der Waals surface area contributed by atoms with Gasteiger partial charge < -0.3 is 24.6 Å². The second-order valence-corrected chi connectivity index (χ2v) is 7.53. The molecule has 33 heavy (non-hydrogen) atoms. The minimum Gasteiger partial charge on any atom is -0.496 e. The van der Waals surface area contributed by atoms with Crippen LogP contribution in [0, 0.1) is 0 Å². The van der Waals surface area contributed by atoms with Crippen LogP contribution in [-0.2, 0) is 4.74 Å². The minimum absolute atomic E-state index is 0.185. The number of fused-ring (bicyclic) bond motifs is 1. The third-order valence-electron chi connectivity index (χ3n) is 5.17. The zero-order valence-corrected chi connectivity index (χ0v) is 18.9. The highest BCUT2D eigenvalue weighted by molar-refractivity contribution is 6.27. The smallest absolute Gasteiger partial charge is 0.338 e. The zero-order valence-electron chi connectivity index (χ0n) is 18.9. The molecule has 2 aromatic rings. The monoisotopic (exact) mass is 450 g/mol. The number of hydrogen-bond donors (Lipinski definition) is 2. The highest BCUT2D eigenvalue weighted by Crippen LogP contribution is 2.42. The van der Waals surface area contributed by atoms with E-state index in [2.05, 4.69) is 10.3 Å². The number of allylic oxidation sites excluding steroid dienone is 3. The number of oxime groups is 2. The van der Waals surface area contributed by atoms with E-state index in [1.807, 2.05) is 26.0 Å². The van der Waals surface area contributed by atoms with Crippen molar-refractivity contribution in [3.8, 4) is 11.5 Å². The normalized spacial score (nSPS) is 15.6. The van der Waals surface area contributed by atoms with Crippen LogP contribution in [0.15, 0.2) is 70.5 Å². The van der Waals surface area contributed by atoms with E-state index in [0.717, 1.165) is 5.57 Å². The Labute approximate surface area is 192 Å². The highest BCUT2D eigenvalue weighted by Gasteiger charge is 2.32. The molecule has 1 aliphatic carbocycles. The van der Waals surface area contributed by atoms with Crippen LogP contribution in [0.1, 0.15) is 53.4 Å². The molecule has 0 aromatic heterocycles. The number of nitrogens with zero attached hydrogens (tertiary/aromatic N) is 2. The Bertz CT molecular complexity index is 1150. The standard InChI is InChI=1S/C25H26N2O6/c1-15(2)10-13-20(33-25(28)16-8-6-5-7-9-16)17-14-21(31-3)22-18(26-29)11-12-19(27-30)23(22)24(17)32-4/h5-12,14,20,29-30H,13H2,1-4H3/t20-/m0/s1. The summed E-state index contributed by atoms with van der Waals surface area (Å²) in [6, 6.07) is 10.4. The van der Waals surface area contributed by atoms with Crippen molar-refractivity contribution in [1.82, 2.24) is 0 Å². The third kappa shape index (κ3) is 4.90. The summed E-state index contributed by atoms with van der Waals surface area (Å²) in [4.78, 5) is 12.9. The summed E-state index contributed by atoms with van der Waals surface area (Å²) in [7, 11) is 2.93. The number of hydrogen-bond acceptors (Lipinski definition) is 8. The van der Waals surface area contributed by atoms with Crippen LogP contribution >= 0.6 is 0 Å². The molecule has 0 bridgehead atoms. The Hall–Kier alpha value is -4.07. The second kappa shape index (κ2) is 10.5. The average Bonchev–Trinajstić information content (AvgIpc) is 2.84. The first-order chi connectivity index (χ1) is 15.9. The number of carbonyl (C=O) groups is 1. The lowest BCUT2D eigenvalue weighted by atomic mass is 9.88. The number of rotatable bonds is 7. The zero-order chi connectivity index (χ0) is 24.0. The van der Waals surface area contributed by atoms with E-state index < -0.39 is 12.1 Å². The van der Waals surface area contributed by atoms with E-state index in [1.165, 1.54) is 26.4 Å². The van der Waals surface area contributed by atoms with Crippen molar-refractivity contribution in [2.24, 2.45) is 10.3 Å². The van der Waals surface area contributed by atoms with Crippen LogP contribution in [0.3, 0.4) is 0 Å². The van der Waals surface area contributed by atoms with Crippen molar-refractivity contribution in [3.05, 3.63) is 82.5 Å². The van der Waals surface area contributed by atoms with Gasteiger partial charge in [0.2, 0.25) is 0 Å². The molecule has 8 heteroatoms. The van der Waals surface area contributed by atoms with Crippen LogP contribution in [0.5, 0.6) is 11.5 Å². The largest absolute Gasteiger partial charge is 0.496 e. The molecule has 0 unspecified atom stereocenters. The van der Waals surface area contributed by atoms with Gasteiger partial charge in [0.05, 0.1) is 30.9 Å². The van der Waals surface area contributed by atoms with Gasteiger partial charge in [-0.25, -0.2) is 4.79 Å². The van der Waals surface area contributed by atoms with E-state index in [0.29, 0.717) is 40.2 Å². The molecule has 0 heterocycles. The Morgan fingerprint density at radius 1 is 1.00 bits per heavy atom. The molecule has 0 spiro atoms. The molecule has 0 radical (unpaired) electrons. The Kier molecular flexibility index (Phi) is 7.50. The van der Waals surface area contributed by atoms with Crippen LogP contribution < -0.4 is 9.47 Å². The van der Waals surface area contributed by atoms with E-state index in [4.69, 9.17) is 14.2 Å². The molecular formula is C25H26N2O6. The Morgan fingerprint density at radius 2 is 1.64 bits per heavy atom.